The van der Waals surface area contributed by atoms with Gasteiger partial charge in [-0.05, 0) is 55.7 Å². The maximum Gasteiger partial charge on any atom is 0.338 e. The fraction of sp³-hybridized carbons (Fsp3) is 0.467. The summed E-state index contributed by atoms with van der Waals surface area (Å²) in [6.45, 7) is 0. The van der Waals surface area contributed by atoms with E-state index in [1.807, 2.05) is 0 Å². The molecule has 0 aliphatic heterocycles. The first kappa shape index (κ1) is 13.9. The summed E-state index contributed by atoms with van der Waals surface area (Å²) in [4.78, 5) is 22.9. The van der Waals surface area contributed by atoms with Crippen LogP contribution < -0.4 is 10.6 Å². The van der Waals surface area contributed by atoms with Gasteiger partial charge in [-0.2, -0.15) is 0 Å². The van der Waals surface area contributed by atoms with Gasteiger partial charge in [-0.25, -0.2) is 14.0 Å². The lowest BCUT2D eigenvalue weighted by molar-refractivity contribution is 0.0692. The van der Waals surface area contributed by atoms with Crippen LogP contribution in [-0.2, 0) is 0 Å². The molecule has 3 rings (SSSR count). The number of nitrogens with one attached hydrogen (secondary N) is 2. The molecule has 2 saturated carbocycles. The number of benzene rings is 1. The summed E-state index contributed by atoms with van der Waals surface area (Å²) in [5.74, 6) is -1.02. The smallest absolute Gasteiger partial charge is 0.338 e. The Kier molecular flexibility index (Phi) is 3.53. The zero-order valence-corrected chi connectivity index (χ0v) is 11.4. The van der Waals surface area contributed by atoms with E-state index in [2.05, 4.69) is 10.6 Å². The Balaban J connectivity index is 1.64. The van der Waals surface area contributed by atoms with Gasteiger partial charge >= 0.3 is 12.0 Å². The van der Waals surface area contributed by atoms with Crippen LogP contribution in [0.25, 0.3) is 0 Å². The number of rotatable bonds is 5. The number of amides is 2. The maximum absolute atomic E-state index is 13.3. The van der Waals surface area contributed by atoms with Gasteiger partial charge in [0.1, 0.15) is 5.82 Å². The fourth-order valence-corrected chi connectivity index (χ4v) is 2.62. The summed E-state index contributed by atoms with van der Waals surface area (Å²) < 4.78 is 13.3. The number of hydrogen-bond donors (Lipinski definition) is 3. The number of urea groups is 1. The zero-order valence-electron chi connectivity index (χ0n) is 11.4. The van der Waals surface area contributed by atoms with E-state index in [1.165, 1.54) is 6.07 Å². The molecule has 6 heteroatoms. The molecule has 2 fully saturated rings. The van der Waals surface area contributed by atoms with Gasteiger partial charge in [0.05, 0.1) is 5.56 Å². The highest BCUT2D eigenvalue weighted by molar-refractivity contribution is 5.93. The van der Waals surface area contributed by atoms with Crippen molar-refractivity contribution in [3.63, 3.8) is 0 Å². The number of carboxylic acids is 1. The monoisotopic (exact) mass is 292 g/mol. The fourth-order valence-electron chi connectivity index (χ4n) is 2.62. The van der Waals surface area contributed by atoms with Gasteiger partial charge in [0, 0.05) is 11.7 Å². The highest BCUT2D eigenvalue weighted by Gasteiger charge is 2.42. The van der Waals surface area contributed by atoms with E-state index in [0.717, 1.165) is 37.8 Å². The normalized spacial score (nSPS) is 17.6. The van der Waals surface area contributed by atoms with Crippen molar-refractivity contribution in [2.45, 2.75) is 31.7 Å². The Hall–Kier alpha value is -2.11. The van der Waals surface area contributed by atoms with Crippen LogP contribution in [0.1, 0.15) is 36.0 Å². The molecule has 1 aromatic rings. The quantitative estimate of drug-likeness (QED) is 0.781. The molecule has 112 valence electrons. The molecule has 0 spiro atoms. The second kappa shape index (κ2) is 5.35. The maximum atomic E-state index is 13.3. The molecular formula is C15H17FN2O3. The van der Waals surface area contributed by atoms with E-state index in [-0.39, 0.29) is 17.8 Å². The Labute approximate surface area is 121 Å². The Bertz CT molecular complexity index is 570. The number of carbonyl (C=O) groups is 2. The molecule has 0 bridgehead atoms. The molecule has 2 aliphatic rings. The summed E-state index contributed by atoms with van der Waals surface area (Å²) in [5.41, 5.74) is -0.176. The van der Waals surface area contributed by atoms with E-state index < -0.39 is 17.3 Å². The Morgan fingerprint density at radius 3 is 2.33 bits per heavy atom. The van der Waals surface area contributed by atoms with Crippen LogP contribution in [0, 0.1) is 17.7 Å². The number of hydrogen-bond acceptors (Lipinski definition) is 2. The van der Waals surface area contributed by atoms with Crippen LogP contribution in [0.5, 0.6) is 0 Å². The molecule has 0 atom stereocenters. The number of carboxylic acid groups (broad SMARTS) is 1. The van der Waals surface area contributed by atoms with Crippen LogP contribution in [0.2, 0.25) is 0 Å². The van der Waals surface area contributed by atoms with Gasteiger partial charge in [-0.3, -0.25) is 0 Å². The molecule has 0 unspecified atom stereocenters. The van der Waals surface area contributed by atoms with E-state index in [4.69, 9.17) is 5.11 Å². The Morgan fingerprint density at radius 1 is 1.19 bits per heavy atom. The van der Waals surface area contributed by atoms with Gasteiger partial charge in [0.25, 0.3) is 0 Å². The average Bonchev–Trinajstić information content (AvgIpc) is 3.30. The van der Waals surface area contributed by atoms with Gasteiger partial charge in [-0.1, -0.05) is 0 Å². The van der Waals surface area contributed by atoms with E-state index in [9.17, 15) is 14.0 Å². The average molecular weight is 292 g/mol. The Morgan fingerprint density at radius 2 is 1.81 bits per heavy atom. The van der Waals surface area contributed by atoms with Crippen molar-refractivity contribution in [1.82, 2.24) is 5.32 Å². The van der Waals surface area contributed by atoms with Crippen molar-refractivity contribution in [1.29, 1.82) is 0 Å². The first-order valence-electron chi connectivity index (χ1n) is 7.15. The number of carbonyl (C=O) groups excluding carboxylic acids is 1. The SMILES string of the molecule is O=C(Nc1ccc(F)c(C(=O)O)c1)NC(C1CC1)C1CC1. The minimum atomic E-state index is -1.36. The van der Waals surface area contributed by atoms with Gasteiger partial charge in [0.15, 0.2) is 0 Å². The summed E-state index contributed by atoms with van der Waals surface area (Å²) in [7, 11) is 0. The van der Waals surface area contributed by atoms with Crippen LogP contribution in [0.3, 0.4) is 0 Å². The first-order chi connectivity index (χ1) is 10.0. The molecule has 1 aromatic carbocycles. The largest absolute Gasteiger partial charge is 0.478 e. The highest BCUT2D eigenvalue weighted by Crippen LogP contribution is 2.44. The molecular weight excluding hydrogens is 275 g/mol. The highest BCUT2D eigenvalue weighted by atomic mass is 19.1. The number of anilines is 1. The van der Waals surface area contributed by atoms with Crippen molar-refractivity contribution < 1.29 is 19.1 Å². The van der Waals surface area contributed by atoms with Gasteiger partial charge < -0.3 is 15.7 Å². The standard InChI is InChI=1S/C15H17FN2O3/c16-12-6-5-10(7-11(12)14(19)20)17-15(21)18-13(8-1-2-8)9-3-4-9/h5-9,13H,1-4H2,(H,19,20)(H2,17,18,21). The van der Waals surface area contributed by atoms with Crippen molar-refractivity contribution in [3.8, 4) is 0 Å². The van der Waals surface area contributed by atoms with Crippen molar-refractivity contribution >= 4 is 17.7 Å². The lowest BCUT2D eigenvalue weighted by Gasteiger charge is -2.18. The van der Waals surface area contributed by atoms with E-state index in [0.29, 0.717) is 11.8 Å². The molecule has 0 radical (unpaired) electrons. The first-order valence-corrected chi connectivity index (χ1v) is 7.15. The third-order valence-electron chi connectivity index (χ3n) is 4.01. The predicted octanol–water partition coefficient (Wildman–Crippen LogP) is 2.83. The molecule has 0 aromatic heterocycles. The summed E-state index contributed by atoms with van der Waals surface area (Å²) in [5, 5.41) is 14.4. The lowest BCUT2D eigenvalue weighted by Crippen LogP contribution is -2.40. The predicted molar refractivity (Wildman–Crippen MR) is 74.7 cm³/mol. The minimum absolute atomic E-state index is 0.212. The van der Waals surface area contributed by atoms with Crippen LogP contribution in [0.4, 0.5) is 14.9 Å². The third-order valence-corrected chi connectivity index (χ3v) is 4.01. The van der Waals surface area contributed by atoms with Gasteiger partial charge in [-0.15, -0.1) is 0 Å². The summed E-state index contributed by atoms with van der Waals surface area (Å²) in [6, 6.07) is 3.37. The third kappa shape index (κ3) is 3.32. The van der Waals surface area contributed by atoms with Crippen LogP contribution in [-0.4, -0.2) is 23.1 Å². The van der Waals surface area contributed by atoms with Crippen molar-refractivity contribution in [2.24, 2.45) is 11.8 Å². The van der Waals surface area contributed by atoms with Gasteiger partial charge in [0.2, 0.25) is 0 Å². The second-order valence-electron chi connectivity index (χ2n) is 5.80. The van der Waals surface area contributed by atoms with Crippen LogP contribution >= 0.6 is 0 Å². The van der Waals surface area contributed by atoms with E-state index >= 15 is 0 Å². The lowest BCUT2D eigenvalue weighted by atomic mass is 10.1. The molecule has 0 heterocycles. The van der Waals surface area contributed by atoms with E-state index in [1.54, 1.807) is 0 Å². The number of halogens is 1. The molecule has 3 N–H and O–H groups in total. The number of aromatic carboxylic acids is 1. The minimum Gasteiger partial charge on any atom is -0.478 e. The molecule has 0 saturated heterocycles. The summed E-state index contributed by atoms with van der Waals surface area (Å²) >= 11 is 0. The van der Waals surface area contributed by atoms with Crippen molar-refractivity contribution in [3.05, 3.63) is 29.6 Å². The zero-order chi connectivity index (χ0) is 15.0. The van der Waals surface area contributed by atoms with Crippen LogP contribution in [0.15, 0.2) is 18.2 Å². The summed E-state index contributed by atoms with van der Waals surface area (Å²) in [6.07, 6.45) is 4.62. The molecule has 2 amide bonds. The molecule has 2 aliphatic carbocycles. The van der Waals surface area contributed by atoms with Crippen molar-refractivity contribution in [2.75, 3.05) is 5.32 Å². The molecule has 5 nitrogen and oxygen atoms in total. The molecule has 21 heavy (non-hydrogen) atoms. The second-order valence-corrected chi connectivity index (χ2v) is 5.80. The topological polar surface area (TPSA) is 78.4 Å².